The van der Waals surface area contributed by atoms with E-state index in [1.54, 1.807) is 0 Å². The summed E-state index contributed by atoms with van der Waals surface area (Å²) in [5, 5.41) is 2.94. The summed E-state index contributed by atoms with van der Waals surface area (Å²) >= 11 is 6.20. The molecular formula is C28H18ClN3. The topological polar surface area (TPSA) is 30.2 Å². The molecule has 32 heavy (non-hydrogen) atoms. The highest BCUT2D eigenvalue weighted by molar-refractivity contribution is 6.30. The number of halogens is 1. The lowest BCUT2D eigenvalue weighted by Gasteiger charge is -2.12. The summed E-state index contributed by atoms with van der Waals surface area (Å²) in [6, 6.07) is 36.8. The minimum atomic E-state index is 0.697. The van der Waals surface area contributed by atoms with Crippen LogP contribution in [0.5, 0.6) is 0 Å². The van der Waals surface area contributed by atoms with Crippen LogP contribution >= 0.6 is 11.6 Å². The Morgan fingerprint density at radius 2 is 1.12 bits per heavy atom. The number of nitrogens with zero attached hydrogens (tertiary/aromatic N) is 3. The SMILES string of the molecule is Clc1ccc(-c2nc(-c3ccccc3)nc3c4ccccc4c(-c4ccccc4)n23)cc1. The summed E-state index contributed by atoms with van der Waals surface area (Å²) in [5.41, 5.74) is 5.06. The van der Waals surface area contributed by atoms with Gasteiger partial charge in [0.1, 0.15) is 11.5 Å². The maximum absolute atomic E-state index is 6.20. The van der Waals surface area contributed by atoms with E-state index in [-0.39, 0.29) is 0 Å². The zero-order valence-corrected chi connectivity index (χ0v) is 17.9. The van der Waals surface area contributed by atoms with Gasteiger partial charge >= 0.3 is 0 Å². The third-order valence-electron chi connectivity index (χ3n) is 5.68. The molecule has 0 aliphatic rings. The van der Waals surface area contributed by atoms with Crippen molar-refractivity contribution in [3.63, 3.8) is 0 Å². The lowest BCUT2D eigenvalue weighted by atomic mass is 10.1. The molecule has 4 aromatic carbocycles. The molecule has 0 amide bonds. The Morgan fingerprint density at radius 3 is 1.81 bits per heavy atom. The van der Waals surface area contributed by atoms with Crippen LogP contribution in [0, 0.1) is 0 Å². The lowest BCUT2D eigenvalue weighted by Crippen LogP contribution is -2.02. The van der Waals surface area contributed by atoms with Crippen molar-refractivity contribution in [3.05, 3.63) is 114 Å². The summed E-state index contributed by atoms with van der Waals surface area (Å²) < 4.78 is 2.18. The Morgan fingerprint density at radius 1 is 0.531 bits per heavy atom. The number of rotatable bonds is 3. The van der Waals surface area contributed by atoms with Gasteiger partial charge in [0.25, 0.3) is 0 Å². The molecule has 0 aliphatic carbocycles. The molecule has 0 spiro atoms. The molecule has 3 nitrogen and oxygen atoms in total. The van der Waals surface area contributed by atoms with E-state index >= 15 is 0 Å². The first-order valence-corrected chi connectivity index (χ1v) is 10.9. The molecule has 0 saturated carbocycles. The zero-order chi connectivity index (χ0) is 21.5. The van der Waals surface area contributed by atoms with Gasteiger partial charge < -0.3 is 0 Å². The van der Waals surface area contributed by atoms with Gasteiger partial charge in [-0.05, 0) is 29.8 Å². The van der Waals surface area contributed by atoms with Crippen molar-refractivity contribution in [2.24, 2.45) is 0 Å². The highest BCUT2D eigenvalue weighted by atomic mass is 35.5. The molecule has 152 valence electrons. The molecular weight excluding hydrogens is 414 g/mol. The van der Waals surface area contributed by atoms with Crippen molar-refractivity contribution in [3.8, 4) is 34.0 Å². The Kier molecular flexibility index (Phi) is 4.48. The summed E-state index contributed by atoms with van der Waals surface area (Å²) in [6.45, 7) is 0. The minimum absolute atomic E-state index is 0.697. The van der Waals surface area contributed by atoms with Crippen molar-refractivity contribution in [1.82, 2.24) is 14.4 Å². The second-order valence-corrected chi connectivity index (χ2v) is 8.10. The van der Waals surface area contributed by atoms with Gasteiger partial charge in [-0.15, -0.1) is 0 Å². The smallest absolute Gasteiger partial charge is 0.163 e. The number of benzene rings is 4. The van der Waals surface area contributed by atoms with Gasteiger partial charge in [-0.1, -0.05) is 96.5 Å². The van der Waals surface area contributed by atoms with Crippen LogP contribution in [0.15, 0.2) is 109 Å². The monoisotopic (exact) mass is 431 g/mol. The normalized spacial score (nSPS) is 11.3. The van der Waals surface area contributed by atoms with E-state index < -0.39 is 0 Å². The fourth-order valence-corrected chi connectivity index (χ4v) is 4.34. The molecule has 0 radical (unpaired) electrons. The average molecular weight is 432 g/mol. The first kappa shape index (κ1) is 18.8. The van der Waals surface area contributed by atoms with Gasteiger partial charge in [0.05, 0.1) is 5.69 Å². The highest BCUT2D eigenvalue weighted by Gasteiger charge is 2.20. The second-order valence-electron chi connectivity index (χ2n) is 7.66. The number of fused-ring (bicyclic) bond motifs is 3. The van der Waals surface area contributed by atoms with Crippen LogP contribution in [0.25, 0.3) is 50.5 Å². The number of hydrogen-bond acceptors (Lipinski definition) is 2. The first-order chi connectivity index (χ1) is 15.8. The van der Waals surface area contributed by atoms with Crippen LogP contribution in [0.2, 0.25) is 5.02 Å². The van der Waals surface area contributed by atoms with E-state index in [9.17, 15) is 0 Å². The van der Waals surface area contributed by atoms with Crippen molar-refractivity contribution >= 4 is 28.0 Å². The van der Waals surface area contributed by atoms with Crippen LogP contribution in [0.4, 0.5) is 0 Å². The van der Waals surface area contributed by atoms with Crippen LogP contribution in [-0.4, -0.2) is 14.4 Å². The van der Waals surface area contributed by atoms with Gasteiger partial charge in [0, 0.05) is 26.9 Å². The number of hydrogen-bond donors (Lipinski definition) is 0. The molecule has 6 rings (SSSR count). The first-order valence-electron chi connectivity index (χ1n) is 10.5. The van der Waals surface area contributed by atoms with E-state index in [1.165, 1.54) is 0 Å². The summed E-state index contributed by atoms with van der Waals surface area (Å²) in [5.74, 6) is 1.53. The summed E-state index contributed by atoms with van der Waals surface area (Å²) in [6.07, 6.45) is 0. The predicted molar refractivity (Wildman–Crippen MR) is 132 cm³/mol. The third-order valence-corrected chi connectivity index (χ3v) is 5.93. The Hall–Kier alpha value is -3.95. The molecule has 0 saturated heterocycles. The van der Waals surface area contributed by atoms with Crippen molar-refractivity contribution in [1.29, 1.82) is 0 Å². The van der Waals surface area contributed by atoms with Gasteiger partial charge in [-0.25, -0.2) is 9.97 Å². The molecule has 2 aromatic heterocycles. The standard InChI is InChI=1S/C28H18ClN3/c29-22-17-15-21(16-18-22)27-30-26(20-11-5-2-6-12-20)31-28-24-14-8-7-13-23(24)25(32(27)28)19-9-3-1-4-10-19/h1-18H. The van der Waals surface area contributed by atoms with E-state index in [2.05, 4.69) is 52.9 Å². The Bertz CT molecular complexity index is 1550. The lowest BCUT2D eigenvalue weighted by molar-refractivity contribution is 1.05. The summed E-state index contributed by atoms with van der Waals surface area (Å²) in [7, 11) is 0. The maximum atomic E-state index is 6.20. The molecule has 4 heteroatoms. The maximum Gasteiger partial charge on any atom is 0.163 e. The largest absolute Gasteiger partial charge is 0.277 e. The molecule has 0 fully saturated rings. The molecule has 0 aliphatic heterocycles. The average Bonchev–Trinajstić information content (AvgIpc) is 3.20. The fraction of sp³-hybridized carbons (Fsp3) is 0. The second kappa shape index (κ2) is 7.63. The number of aromatic nitrogens is 3. The van der Waals surface area contributed by atoms with Gasteiger partial charge in [0.2, 0.25) is 0 Å². The third kappa shape index (κ3) is 3.06. The minimum Gasteiger partial charge on any atom is -0.277 e. The van der Waals surface area contributed by atoms with Crippen LogP contribution in [0.1, 0.15) is 0 Å². The van der Waals surface area contributed by atoms with Gasteiger partial charge in [0.15, 0.2) is 5.82 Å². The van der Waals surface area contributed by atoms with E-state index in [1.807, 2.05) is 60.7 Å². The molecule has 6 aromatic rings. The van der Waals surface area contributed by atoms with Gasteiger partial charge in [-0.3, -0.25) is 4.40 Å². The quantitative estimate of drug-likeness (QED) is 0.289. The van der Waals surface area contributed by atoms with Crippen LogP contribution < -0.4 is 0 Å². The Balaban J connectivity index is 1.79. The molecule has 0 bridgehead atoms. The van der Waals surface area contributed by atoms with Crippen molar-refractivity contribution < 1.29 is 0 Å². The zero-order valence-electron chi connectivity index (χ0n) is 17.1. The van der Waals surface area contributed by atoms with Crippen LogP contribution in [0.3, 0.4) is 0 Å². The van der Waals surface area contributed by atoms with E-state index in [4.69, 9.17) is 21.6 Å². The fourth-order valence-electron chi connectivity index (χ4n) is 4.21. The van der Waals surface area contributed by atoms with Gasteiger partial charge in [-0.2, -0.15) is 0 Å². The van der Waals surface area contributed by atoms with Crippen LogP contribution in [-0.2, 0) is 0 Å². The predicted octanol–water partition coefficient (Wildman–Crippen LogP) is 7.54. The van der Waals surface area contributed by atoms with E-state index in [0.29, 0.717) is 10.8 Å². The molecule has 0 N–H and O–H groups in total. The van der Waals surface area contributed by atoms with E-state index in [0.717, 1.165) is 44.6 Å². The summed E-state index contributed by atoms with van der Waals surface area (Å²) in [4.78, 5) is 10.1. The molecule has 2 heterocycles. The highest BCUT2D eigenvalue weighted by Crippen LogP contribution is 2.37. The van der Waals surface area contributed by atoms with Crippen molar-refractivity contribution in [2.45, 2.75) is 0 Å². The molecule has 0 unspecified atom stereocenters. The molecule has 0 atom stereocenters. The Labute approximate surface area is 190 Å². The van der Waals surface area contributed by atoms with Crippen molar-refractivity contribution in [2.75, 3.05) is 0 Å².